The van der Waals surface area contributed by atoms with Crippen LogP contribution in [0.3, 0.4) is 0 Å². The summed E-state index contributed by atoms with van der Waals surface area (Å²) in [6, 6.07) is 2.58. The maximum Gasteiger partial charge on any atom is 0.0946 e. The molecule has 0 saturated carbocycles. The van der Waals surface area contributed by atoms with Crippen LogP contribution >= 0.6 is 0 Å². The summed E-state index contributed by atoms with van der Waals surface area (Å²) in [5.41, 5.74) is 2.54. The highest BCUT2D eigenvalue weighted by atomic mass is 15.1. The number of hydrogen-bond donors (Lipinski definition) is 1. The number of nitrogens with one attached hydrogen (secondary N) is 1. The van der Waals surface area contributed by atoms with Gasteiger partial charge in [0.05, 0.1) is 18.6 Å². The van der Waals surface area contributed by atoms with Crippen LogP contribution in [-0.4, -0.2) is 20.7 Å². The van der Waals surface area contributed by atoms with Gasteiger partial charge in [0.1, 0.15) is 0 Å². The Labute approximate surface area is 102 Å². The van der Waals surface area contributed by atoms with E-state index in [2.05, 4.69) is 47.2 Å². The topological polar surface area (TPSA) is 34.8 Å². The summed E-state index contributed by atoms with van der Waals surface area (Å²) in [5, 5.41) is 3.41. The summed E-state index contributed by atoms with van der Waals surface area (Å²) in [6.45, 7) is 6.18. The van der Waals surface area contributed by atoms with Gasteiger partial charge in [0, 0.05) is 31.7 Å². The van der Waals surface area contributed by atoms with Gasteiger partial charge in [-0.15, -0.1) is 0 Å². The van der Waals surface area contributed by atoms with E-state index in [1.807, 2.05) is 24.1 Å². The fraction of sp³-hybridized carbons (Fsp3) is 0.462. The number of imidazole rings is 1. The molecular formula is C13H20N4. The van der Waals surface area contributed by atoms with Crippen LogP contribution < -0.4 is 5.32 Å². The largest absolute Gasteiger partial charge is 0.348 e. The first-order valence-corrected chi connectivity index (χ1v) is 6.05. The summed E-state index contributed by atoms with van der Waals surface area (Å²) >= 11 is 0. The van der Waals surface area contributed by atoms with Crippen molar-refractivity contribution in [3.05, 3.63) is 42.2 Å². The standard InChI is InChI=1S/C13H20N4/c1-4-15-11(2)12-5-6-17(8-12)9-13-7-14-10-16(13)3/h5-8,10-11,15H,4,9H2,1-3H3. The summed E-state index contributed by atoms with van der Waals surface area (Å²) in [6.07, 6.45) is 8.06. The molecule has 0 amide bonds. The van der Waals surface area contributed by atoms with Crippen molar-refractivity contribution in [2.75, 3.05) is 6.54 Å². The molecule has 2 aromatic heterocycles. The van der Waals surface area contributed by atoms with Crippen molar-refractivity contribution in [3.63, 3.8) is 0 Å². The van der Waals surface area contributed by atoms with Crippen molar-refractivity contribution in [2.24, 2.45) is 7.05 Å². The van der Waals surface area contributed by atoms with Crippen LogP contribution in [0.25, 0.3) is 0 Å². The van der Waals surface area contributed by atoms with Crippen LogP contribution in [0.4, 0.5) is 0 Å². The molecule has 1 N–H and O–H groups in total. The Morgan fingerprint density at radius 2 is 2.29 bits per heavy atom. The van der Waals surface area contributed by atoms with Crippen LogP contribution in [-0.2, 0) is 13.6 Å². The average molecular weight is 232 g/mol. The lowest BCUT2D eigenvalue weighted by Crippen LogP contribution is -2.17. The highest BCUT2D eigenvalue weighted by Crippen LogP contribution is 2.13. The molecule has 0 bridgehead atoms. The van der Waals surface area contributed by atoms with Crippen molar-refractivity contribution >= 4 is 0 Å². The molecule has 0 fully saturated rings. The molecule has 0 aliphatic rings. The molecule has 2 rings (SSSR count). The van der Waals surface area contributed by atoms with Gasteiger partial charge in [-0.2, -0.15) is 0 Å². The molecule has 0 radical (unpaired) electrons. The van der Waals surface area contributed by atoms with E-state index in [0.29, 0.717) is 6.04 Å². The zero-order valence-electron chi connectivity index (χ0n) is 10.7. The van der Waals surface area contributed by atoms with Gasteiger partial charge < -0.3 is 14.5 Å². The first-order valence-electron chi connectivity index (χ1n) is 6.05. The number of aryl methyl sites for hydroxylation is 1. The Kier molecular flexibility index (Phi) is 3.64. The van der Waals surface area contributed by atoms with Crippen molar-refractivity contribution in [1.82, 2.24) is 19.4 Å². The van der Waals surface area contributed by atoms with E-state index >= 15 is 0 Å². The fourth-order valence-electron chi connectivity index (χ4n) is 1.96. The van der Waals surface area contributed by atoms with E-state index in [9.17, 15) is 0 Å². The molecule has 2 heterocycles. The smallest absolute Gasteiger partial charge is 0.0946 e. The van der Waals surface area contributed by atoms with Crippen molar-refractivity contribution in [2.45, 2.75) is 26.4 Å². The van der Waals surface area contributed by atoms with Gasteiger partial charge in [-0.3, -0.25) is 0 Å². The molecule has 92 valence electrons. The lowest BCUT2D eigenvalue weighted by Gasteiger charge is -2.10. The maximum atomic E-state index is 4.13. The third-order valence-electron chi connectivity index (χ3n) is 3.04. The molecule has 1 atom stereocenters. The summed E-state index contributed by atoms with van der Waals surface area (Å²) in [7, 11) is 2.02. The Morgan fingerprint density at radius 3 is 2.94 bits per heavy atom. The Hall–Kier alpha value is -1.55. The highest BCUT2D eigenvalue weighted by Gasteiger charge is 2.06. The quantitative estimate of drug-likeness (QED) is 0.855. The predicted molar refractivity (Wildman–Crippen MR) is 68.8 cm³/mol. The van der Waals surface area contributed by atoms with E-state index in [4.69, 9.17) is 0 Å². The molecule has 4 heteroatoms. The molecule has 0 saturated heterocycles. The molecule has 17 heavy (non-hydrogen) atoms. The Morgan fingerprint density at radius 1 is 1.47 bits per heavy atom. The van der Waals surface area contributed by atoms with Crippen LogP contribution in [0, 0.1) is 0 Å². The van der Waals surface area contributed by atoms with Crippen molar-refractivity contribution < 1.29 is 0 Å². The second kappa shape index (κ2) is 5.19. The van der Waals surface area contributed by atoms with Gasteiger partial charge in [0.15, 0.2) is 0 Å². The number of rotatable bonds is 5. The van der Waals surface area contributed by atoms with Gasteiger partial charge in [-0.1, -0.05) is 6.92 Å². The van der Waals surface area contributed by atoms with E-state index < -0.39 is 0 Å². The predicted octanol–water partition coefficient (Wildman–Crippen LogP) is 1.94. The first-order chi connectivity index (χ1) is 8.20. The SMILES string of the molecule is CCNC(C)c1ccn(Cc2cncn2C)c1. The Balaban J connectivity index is 2.06. The second-order valence-corrected chi connectivity index (χ2v) is 4.39. The van der Waals surface area contributed by atoms with Crippen LogP contribution in [0.15, 0.2) is 31.0 Å². The van der Waals surface area contributed by atoms with E-state index in [1.165, 1.54) is 11.3 Å². The fourth-order valence-corrected chi connectivity index (χ4v) is 1.96. The molecule has 0 aliphatic heterocycles. The van der Waals surface area contributed by atoms with E-state index in [0.717, 1.165) is 13.1 Å². The lowest BCUT2D eigenvalue weighted by molar-refractivity contribution is 0.596. The molecule has 4 nitrogen and oxygen atoms in total. The van der Waals surface area contributed by atoms with Gasteiger partial charge >= 0.3 is 0 Å². The normalized spacial score (nSPS) is 12.9. The number of aromatic nitrogens is 3. The second-order valence-electron chi connectivity index (χ2n) is 4.39. The lowest BCUT2D eigenvalue weighted by atomic mass is 10.2. The minimum absolute atomic E-state index is 0.410. The van der Waals surface area contributed by atoms with Gasteiger partial charge in [-0.25, -0.2) is 4.98 Å². The minimum Gasteiger partial charge on any atom is -0.348 e. The van der Waals surface area contributed by atoms with Gasteiger partial charge in [0.25, 0.3) is 0 Å². The van der Waals surface area contributed by atoms with Gasteiger partial charge in [0.2, 0.25) is 0 Å². The van der Waals surface area contributed by atoms with Crippen LogP contribution in [0.1, 0.15) is 31.1 Å². The zero-order valence-corrected chi connectivity index (χ0v) is 10.7. The average Bonchev–Trinajstić information content (AvgIpc) is 2.90. The molecular weight excluding hydrogens is 212 g/mol. The molecule has 2 aromatic rings. The first kappa shape index (κ1) is 11.9. The van der Waals surface area contributed by atoms with Crippen molar-refractivity contribution in [3.8, 4) is 0 Å². The zero-order chi connectivity index (χ0) is 12.3. The molecule has 0 spiro atoms. The van der Waals surface area contributed by atoms with Crippen LogP contribution in [0.2, 0.25) is 0 Å². The van der Waals surface area contributed by atoms with Gasteiger partial charge in [-0.05, 0) is 25.1 Å². The molecule has 0 aliphatic carbocycles. The summed E-state index contributed by atoms with van der Waals surface area (Å²) < 4.78 is 4.24. The number of nitrogens with zero attached hydrogens (tertiary/aromatic N) is 3. The summed E-state index contributed by atoms with van der Waals surface area (Å²) in [4.78, 5) is 4.13. The molecule has 1 unspecified atom stereocenters. The Bertz CT molecular complexity index is 469. The summed E-state index contributed by atoms with van der Waals surface area (Å²) in [5.74, 6) is 0. The minimum atomic E-state index is 0.410. The third-order valence-corrected chi connectivity index (χ3v) is 3.04. The van der Waals surface area contributed by atoms with E-state index in [1.54, 1.807) is 0 Å². The highest BCUT2D eigenvalue weighted by molar-refractivity contribution is 5.15. The number of hydrogen-bond acceptors (Lipinski definition) is 2. The third kappa shape index (κ3) is 2.77. The van der Waals surface area contributed by atoms with Crippen LogP contribution in [0.5, 0.6) is 0 Å². The maximum absolute atomic E-state index is 4.13. The molecule has 0 aromatic carbocycles. The monoisotopic (exact) mass is 232 g/mol. The van der Waals surface area contributed by atoms with E-state index in [-0.39, 0.29) is 0 Å². The van der Waals surface area contributed by atoms with Crippen molar-refractivity contribution in [1.29, 1.82) is 0 Å².